The fourth-order valence-corrected chi connectivity index (χ4v) is 2.97. The zero-order valence-corrected chi connectivity index (χ0v) is 14.0. The number of hydrogen-bond donors (Lipinski definition) is 0. The van der Waals surface area contributed by atoms with Gasteiger partial charge in [0.15, 0.2) is 0 Å². The zero-order chi connectivity index (χ0) is 16.4. The summed E-state index contributed by atoms with van der Waals surface area (Å²) < 4.78 is 16.0. The Kier molecular flexibility index (Phi) is 5.00. The van der Waals surface area contributed by atoms with E-state index in [4.69, 9.17) is 14.2 Å². The molecular weight excluding hydrogens is 286 g/mol. The molecule has 2 fully saturated rings. The predicted molar refractivity (Wildman–Crippen MR) is 80.5 cm³/mol. The summed E-state index contributed by atoms with van der Waals surface area (Å²) in [5.41, 5.74) is -0.680. The van der Waals surface area contributed by atoms with Crippen LogP contribution >= 0.6 is 0 Å². The van der Waals surface area contributed by atoms with Gasteiger partial charge in [-0.05, 0) is 40.5 Å². The molecule has 0 spiro atoms. The van der Waals surface area contributed by atoms with Crippen LogP contribution in [0.2, 0.25) is 0 Å². The van der Waals surface area contributed by atoms with Gasteiger partial charge in [0.1, 0.15) is 5.60 Å². The van der Waals surface area contributed by atoms with Gasteiger partial charge in [0.05, 0.1) is 25.7 Å². The van der Waals surface area contributed by atoms with Crippen molar-refractivity contribution in [1.82, 2.24) is 4.90 Å². The minimum Gasteiger partial charge on any atom is -0.466 e. The van der Waals surface area contributed by atoms with E-state index in [9.17, 15) is 9.59 Å². The summed E-state index contributed by atoms with van der Waals surface area (Å²) in [6.07, 6.45) is 1.70. The van der Waals surface area contributed by atoms with E-state index in [1.54, 1.807) is 4.90 Å². The molecule has 2 aliphatic rings. The quantitative estimate of drug-likeness (QED) is 0.588. The van der Waals surface area contributed by atoms with E-state index < -0.39 is 5.60 Å². The minimum absolute atomic E-state index is 0.123. The largest absolute Gasteiger partial charge is 0.466 e. The number of amides is 1. The van der Waals surface area contributed by atoms with Crippen molar-refractivity contribution >= 4 is 12.1 Å². The summed E-state index contributed by atoms with van der Waals surface area (Å²) in [5.74, 6) is -0.177. The summed E-state index contributed by atoms with van der Waals surface area (Å²) in [7, 11) is 0. The lowest BCUT2D eigenvalue weighted by Gasteiger charge is -2.40. The third-order valence-electron chi connectivity index (χ3n) is 4.23. The van der Waals surface area contributed by atoms with Gasteiger partial charge in [-0.2, -0.15) is 0 Å². The van der Waals surface area contributed by atoms with Gasteiger partial charge < -0.3 is 19.1 Å². The second-order valence-corrected chi connectivity index (χ2v) is 7.13. The van der Waals surface area contributed by atoms with E-state index in [0.29, 0.717) is 32.7 Å². The molecule has 2 rings (SSSR count). The van der Waals surface area contributed by atoms with E-state index in [1.807, 2.05) is 27.7 Å². The zero-order valence-electron chi connectivity index (χ0n) is 14.0. The molecule has 0 bridgehead atoms. The fraction of sp³-hybridized carbons (Fsp3) is 0.875. The standard InChI is InChI=1S/C16H27NO5/c1-5-20-13(18)10-16(12-11-21-12)6-8-17(9-7-16)14(19)22-15(2,3)4/h12H,5-11H2,1-4H3. The summed E-state index contributed by atoms with van der Waals surface area (Å²) >= 11 is 0. The normalized spacial score (nSPS) is 23.8. The molecule has 1 atom stereocenters. The van der Waals surface area contributed by atoms with Crippen LogP contribution in [0.1, 0.15) is 47.0 Å². The molecule has 0 aromatic heterocycles. The van der Waals surface area contributed by atoms with E-state index in [0.717, 1.165) is 12.8 Å². The summed E-state index contributed by atoms with van der Waals surface area (Å²) in [6, 6.07) is 0. The Labute approximate surface area is 132 Å². The maximum atomic E-state index is 12.1. The van der Waals surface area contributed by atoms with Gasteiger partial charge in [-0.1, -0.05) is 0 Å². The van der Waals surface area contributed by atoms with Gasteiger partial charge in [0.25, 0.3) is 0 Å². The second kappa shape index (κ2) is 6.44. The van der Waals surface area contributed by atoms with Crippen molar-refractivity contribution in [2.24, 2.45) is 5.41 Å². The molecule has 2 saturated heterocycles. The number of carbonyl (C=O) groups excluding carboxylic acids is 2. The summed E-state index contributed by atoms with van der Waals surface area (Å²) in [4.78, 5) is 25.7. The molecule has 0 aromatic carbocycles. The molecule has 22 heavy (non-hydrogen) atoms. The lowest BCUT2D eigenvalue weighted by molar-refractivity contribution is -0.147. The summed E-state index contributed by atoms with van der Waals surface area (Å²) in [6.45, 7) is 9.66. The Morgan fingerprint density at radius 2 is 1.86 bits per heavy atom. The molecular formula is C16H27NO5. The molecule has 0 radical (unpaired) electrons. The Morgan fingerprint density at radius 1 is 1.27 bits per heavy atom. The number of likely N-dealkylation sites (tertiary alicyclic amines) is 1. The average Bonchev–Trinajstić information content (AvgIpc) is 3.22. The average molecular weight is 313 g/mol. The van der Waals surface area contributed by atoms with Gasteiger partial charge in [-0.25, -0.2) is 4.79 Å². The highest BCUT2D eigenvalue weighted by atomic mass is 16.6. The van der Waals surface area contributed by atoms with Crippen molar-refractivity contribution in [2.45, 2.75) is 58.7 Å². The third-order valence-corrected chi connectivity index (χ3v) is 4.23. The van der Waals surface area contributed by atoms with Crippen molar-refractivity contribution in [3.05, 3.63) is 0 Å². The van der Waals surface area contributed by atoms with Crippen LogP contribution in [0, 0.1) is 5.41 Å². The maximum absolute atomic E-state index is 12.1. The number of carbonyl (C=O) groups is 2. The molecule has 2 aliphatic heterocycles. The number of rotatable bonds is 4. The number of esters is 1. The van der Waals surface area contributed by atoms with Crippen LogP contribution in [0.3, 0.4) is 0 Å². The maximum Gasteiger partial charge on any atom is 0.410 e. The number of piperidine rings is 1. The molecule has 6 nitrogen and oxygen atoms in total. The van der Waals surface area contributed by atoms with Gasteiger partial charge in [-0.3, -0.25) is 4.79 Å². The highest BCUT2D eigenvalue weighted by molar-refractivity contribution is 5.71. The number of nitrogens with zero attached hydrogens (tertiary/aromatic N) is 1. The highest BCUT2D eigenvalue weighted by Gasteiger charge is 2.50. The van der Waals surface area contributed by atoms with Crippen LogP contribution in [0.15, 0.2) is 0 Å². The lowest BCUT2D eigenvalue weighted by Crippen LogP contribution is -2.47. The molecule has 0 aromatic rings. The molecule has 6 heteroatoms. The van der Waals surface area contributed by atoms with E-state index >= 15 is 0 Å². The molecule has 2 heterocycles. The van der Waals surface area contributed by atoms with Crippen molar-refractivity contribution in [3.8, 4) is 0 Å². The van der Waals surface area contributed by atoms with Crippen LogP contribution in [0.5, 0.6) is 0 Å². The predicted octanol–water partition coefficient (Wildman–Crippen LogP) is 2.36. The smallest absolute Gasteiger partial charge is 0.410 e. The van der Waals surface area contributed by atoms with Gasteiger partial charge in [-0.15, -0.1) is 0 Å². The van der Waals surface area contributed by atoms with Crippen LogP contribution in [-0.2, 0) is 19.0 Å². The van der Waals surface area contributed by atoms with Gasteiger partial charge in [0, 0.05) is 18.5 Å². The second-order valence-electron chi connectivity index (χ2n) is 7.13. The SMILES string of the molecule is CCOC(=O)CC1(C2CO2)CCN(C(=O)OC(C)(C)C)CC1. The Balaban J connectivity index is 1.92. The molecule has 0 aliphatic carbocycles. The number of ether oxygens (including phenoxy) is 3. The molecule has 1 amide bonds. The van der Waals surface area contributed by atoms with Gasteiger partial charge >= 0.3 is 12.1 Å². The van der Waals surface area contributed by atoms with Crippen LogP contribution in [0.4, 0.5) is 4.79 Å². The lowest BCUT2D eigenvalue weighted by atomic mass is 9.73. The van der Waals surface area contributed by atoms with E-state index in [1.165, 1.54) is 0 Å². The number of hydrogen-bond acceptors (Lipinski definition) is 5. The van der Waals surface area contributed by atoms with E-state index in [2.05, 4.69) is 0 Å². The fourth-order valence-electron chi connectivity index (χ4n) is 2.97. The van der Waals surface area contributed by atoms with Crippen LogP contribution < -0.4 is 0 Å². The first-order valence-corrected chi connectivity index (χ1v) is 8.01. The molecule has 0 N–H and O–H groups in total. The third kappa shape index (κ3) is 4.35. The first kappa shape index (κ1) is 17.1. The monoisotopic (exact) mass is 313 g/mol. The van der Waals surface area contributed by atoms with Crippen molar-refractivity contribution in [1.29, 1.82) is 0 Å². The molecule has 1 unspecified atom stereocenters. The summed E-state index contributed by atoms with van der Waals surface area (Å²) in [5, 5.41) is 0. The van der Waals surface area contributed by atoms with Crippen LogP contribution in [0.25, 0.3) is 0 Å². The first-order valence-electron chi connectivity index (χ1n) is 8.01. The highest BCUT2D eigenvalue weighted by Crippen LogP contribution is 2.45. The van der Waals surface area contributed by atoms with E-state index in [-0.39, 0.29) is 23.6 Å². The minimum atomic E-state index is -0.490. The topological polar surface area (TPSA) is 68.4 Å². The Hall–Kier alpha value is -1.30. The van der Waals surface area contributed by atoms with Crippen LogP contribution in [-0.4, -0.2) is 55.0 Å². The molecule has 126 valence electrons. The van der Waals surface area contributed by atoms with Crippen molar-refractivity contribution in [3.63, 3.8) is 0 Å². The first-order chi connectivity index (χ1) is 10.3. The van der Waals surface area contributed by atoms with Gasteiger partial charge in [0.2, 0.25) is 0 Å². The van der Waals surface area contributed by atoms with Crippen molar-refractivity contribution < 1.29 is 23.8 Å². The number of epoxide rings is 1. The Bertz CT molecular complexity index is 417. The van der Waals surface area contributed by atoms with Crippen molar-refractivity contribution in [2.75, 3.05) is 26.3 Å². The molecule has 0 saturated carbocycles. The Morgan fingerprint density at radius 3 is 2.32 bits per heavy atom.